The van der Waals surface area contributed by atoms with Crippen LogP contribution < -0.4 is 0 Å². The van der Waals surface area contributed by atoms with Crippen molar-refractivity contribution in [2.45, 2.75) is 53.1 Å². The zero-order chi connectivity index (χ0) is 12.2. The summed E-state index contributed by atoms with van der Waals surface area (Å²) < 4.78 is 0. The Morgan fingerprint density at radius 2 is 2.12 bits per heavy atom. The van der Waals surface area contributed by atoms with E-state index >= 15 is 0 Å². The summed E-state index contributed by atoms with van der Waals surface area (Å²) in [5.74, 6) is 0.565. The fraction of sp³-hybridized carbons (Fsp3) is 0.769. The number of aliphatic hydroxyl groups excluding tert-OH is 1. The van der Waals surface area contributed by atoms with Gasteiger partial charge in [-0.3, -0.25) is 0 Å². The first-order valence-electron chi connectivity index (χ1n) is 5.93. The van der Waals surface area contributed by atoms with Gasteiger partial charge in [0.05, 0.1) is 11.1 Å². The van der Waals surface area contributed by atoms with Crippen LogP contribution in [0.25, 0.3) is 0 Å². The molecular weight excluding hydrogens is 218 g/mol. The number of hydrogen-bond acceptors (Lipinski definition) is 3. The maximum Gasteiger partial charge on any atom is 0.0950 e. The molecule has 0 fully saturated rings. The molecule has 1 aromatic rings. The van der Waals surface area contributed by atoms with Gasteiger partial charge in [-0.1, -0.05) is 27.7 Å². The molecule has 0 bridgehead atoms. The van der Waals surface area contributed by atoms with Crippen molar-refractivity contribution in [2.24, 2.45) is 11.3 Å². The Balaban J connectivity index is 2.31. The molecule has 0 aromatic carbocycles. The summed E-state index contributed by atoms with van der Waals surface area (Å²) in [6.45, 7) is 8.96. The van der Waals surface area contributed by atoms with Crippen molar-refractivity contribution < 1.29 is 5.11 Å². The Morgan fingerprint density at radius 3 is 2.62 bits per heavy atom. The van der Waals surface area contributed by atoms with Crippen molar-refractivity contribution in [3.05, 3.63) is 16.6 Å². The Hall–Kier alpha value is -0.410. The molecule has 2 unspecified atom stereocenters. The lowest BCUT2D eigenvalue weighted by Crippen LogP contribution is -2.18. The third-order valence-corrected chi connectivity index (χ3v) is 3.33. The van der Waals surface area contributed by atoms with Gasteiger partial charge in [0, 0.05) is 18.0 Å². The standard InChI is InChI=1S/C13H23NOS/c1-10(9-13(2,3)4)7-11(15)8-12-14-5-6-16-12/h5-6,10-11,15H,7-9H2,1-4H3. The summed E-state index contributed by atoms with van der Waals surface area (Å²) in [5, 5.41) is 13.0. The molecule has 0 saturated carbocycles. The van der Waals surface area contributed by atoms with Crippen LogP contribution in [0.1, 0.15) is 45.5 Å². The Kier molecular flexibility index (Phi) is 4.93. The molecule has 0 amide bonds. The molecule has 0 saturated heterocycles. The van der Waals surface area contributed by atoms with Crippen LogP contribution in [0.3, 0.4) is 0 Å². The molecule has 3 heteroatoms. The second-order valence-corrected chi connectivity index (χ2v) is 6.87. The van der Waals surface area contributed by atoms with E-state index in [-0.39, 0.29) is 6.10 Å². The van der Waals surface area contributed by atoms with Crippen LogP contribution in [0.15, 0.2) is 11.6 Å². The van der Waals surface area contributed by atoms with Gasteiger partial charge in [0.1, 0.15) is 0 Å². The molecule has 2 nitrogen and oxygen atoms in total. The lowest BCUT2D eigenvalue weighted by molar-refractivity contribution is 0.133. The van der Waals surface area contributed by atoms with Gasteiger partial charge in [-0.05, 0) is 24.2 Å². The Morgan fingerprint density at radius 1 is 1.44 bits per heavy atom. The second-order valence-electron chi connectivity index (χ2n) is 5.89. The average Bonchev–Trinajstić information content (AvgIpc) is 2.51. The first-order valence-corrected chi connectivity index (χ1v) is 6.81. The molecule has 0 radical (unpaired) electrons. The topological polar surface area (TPSA) is 33.1 Å². The van der Waals surface area contributed by atoms with Gasteiger partial charge in [-0.15, -0.1) is 11.3 Å². The van der Waals surface area contributed by atoms with Gasteiger partial charge in [0.2, 0.25) is 0 Å². The number of nitrogens with zero attached hydrogens (tertiary/aromatic N) is 1. The second kappa shape index (κ2) is 5.78. The van der Waals surface area contributed by atoms with Crippen LogP contribution in [-0.2, 0) is 6.42 Å². The summed E-state index contributed by atoms with van der Waals surface area (Å²) >= 11 is 1.62. The molecule has 1 rings (SSSR count). The summed E-state index contributed by atoms with van der Waals surface area (Å²) in [7, 11) is 0. The van der Waals surface area contributed by atoms with Crippen LogP contribution in [0.2, 0.25) is 0 Å². The van der Waals surface area contributed by atoms with Crippen molar-refractivity contribution in [3.63, 3.8) is 0 Å². The molecule has 0 aliphatic heterocycles. The number of aliphatic hydroxyl groups is 1. The van der Waals surface area contributed by atoms with Gasteiger partial charge in [-0.25, -0.2) is 4.98 Å². The number of thiazole rings is 1. The van der Waals surface area contributed by atoms with Crippen molar-refractivity contribution in [3.8, 4) is 0 Å². The minimum Gasteiger partial charge on any atom is -0.393 e. The van der Waals surface area contributed by atoms with Gasteiger partial charge in [0.15, 0.2) is 0 Å². The Bertz CT molecular complexity index is 289. The van der Waals surface area contributed by atoms with Crippen LogP contribution in [0, 0.1) is 11.3 Å². The van der Waals surface area contributed by atoms with Gasteiger partial charge >= 0.3 is 0 Å². The molecule has 92 valence electrons. The van der Waals surface area contributed by atoms with Crippen molar-refractivity contribution in [1.82, 2.24) is 4.98 Å². The van der Waals surface area contributed by atoms with Gasteiger partial charge in [-0.2, -0.15) is 0 Å². The lowest BCUT2D eigenvalue weighted by Gasteiger charge is -2.24. The number of rotatable bonds is 5. The summed E-state index contributed by atoms with van der Waals surface area (Å²) in [6.07, 6.45) is 4.28. The SMILES string of the molecule is CC(CC(O)Cc1nccs1)CC(C)(C)C. The normalized spacial score (nSPS) is 16.1. The van der Waals surface area contributed by atoms with Crippen LogP contribution >= 0.6 is 11.3 Å². The van der Waals surface area contributed by atoms with Crippen LogP contribution in [0.5, 0.6) is 0 Å². The van der Waals surface area contributed by atoms with E-state index < -0.39 is 0 Å². The van der Waals surface area contributed by atoms with E-state index in [9.17, 15) is 5.11 Å². The monoisotopic (exact) mass is 241 g/mol. The highest BCUT2D eigenvalue weighted by Crippen LogP contribution is 2.27. The van der Waals surface area contributed by atoms with Gasteiger partial charge < -0.3 is 5.11 Å². The van der Waals surface area contributed by atoms with E-state index in [1.807, 2.05) is 5.38 Å². The van der Waals surface area contributed by atoms with Crippen LogP contribution in [0.4, 0.5) is 0 Å². The number of hydrogen-bond donors (Lipinski definition) is 1. The third kappa shape index (κ3) is 5.61. The number of aromatic nitrogens is 1. The first kappa shape index (κ1) is 13.7. The summed E-state index contributed by atoms with van der Waals surface area (Å²) in [5.41, 5.74) is 0.348. The van der Waals surface area contributed by atoms with E-state index in [1.54, 1.807) is 17.5 Å². The molecule has 0 aliphatic carbocycles. The molecule has 16 heavy (non-hydrogen) atoms. The van der Waals surface area contributed by atoms with Gasteiger partial charge in [0.25, 0.3) is 0 Å². The molecule has 1 aromatic heterocycles. The first-order chi connectivity index (χ1) is 7.37. The lowest BCUT2D eigenvalue weighted by atomic mass is 9.83. The van der Waals surface area contributed by atoms with Crippen molar-refractivity contribution >= 4 is 11.3 Å². The highest BCUT2D eigenvalue weighted by Gasteiger charge is 2.18. The average molecular weight is 241 g/mol. The largest absolute Gasteiger partial charge is 0.393 e. The van der Waals surface area contributed by atoms with Crippen molar-refractivity contribution in [2.75, 3.05) is 0 Å². The highest BCUT2D eigenvalue weighted by atomic mass is 32.1. The molecule has 0 spiro atoms. The van der Waals surface area contributed by atoms with E-state index in [2.05, 4.69) is 32.7 Å². The molecule has 0 aliphatic rings. The molecular formula is C13H23NOS. The van der Waals surface area contributed by atoms with E-state index in [4.69, 9.17) is 0 Å². The highest BCUT2D eigenvalue weighted by molar-refractivity contribution is 7.09. The Labute approximate surface area is 103 Å². The van der Waals surface area contributed by atoms with E-state index in [0.717, 1.165) is 17.8 Å². The predicted octanol–water partition coefficient (Wildman–Crippen LogP) is 3.51. The quantitative estimate of drug-likeness (QED) is 0.855. The smallest absolute Gasteiger partial charge is 0.0950 e. The fourth-order valence-corrected chi connectivity index (χ4v) is 2.92. The minimum absolute atomic E-state index is 0.247. The summed E-state index contributed by atoms with van der Waals surface area (Å²) in [6, 6.07) is 0. The third-order valence-electron chi connectivity index (χ3n) is 2.53. The maximum atomic E-state index is 9.95. The fourth-order valence-electron chi connectivity index (χ4n) is 2.23. The van der Waals surface area contributed by atoms with E-state index in [0.29, 0.717) is 17.8 Å². The van der Waals surface area contributed by atoms with Crippen molar-refractivity contribution in [1.29, 1.82) is 0 Å². The zero-order valence-electron chi connectivity index (χ0n) is 10.7. The molecule has 2 atom stereocenters. The minimum atomic E-state index is -0.247. The summed E-state index contributed by atoms with van der Waals surface area (Å²) in [4.78, 5) is 4.20. The molecule has 1 heterocycles. The maximum absolute atomic E-state index is 9.95. The molecule has 1 N–H and O–H groups in total. The zero-order valence-corrected chi connectivity index (χ0v) is 11.5. The predicted molar refractivity (Wildman–Crippen MR) is 69.7 cm³/mol. The van der Waals surface area contributed by atoms with E-state index in [1.165, 1.54) is 0 Å². The van der Waals surface area contributed by atoms with Crippen LogP contribution in [-0.4, -0.2) is 16.2 Å².